The zero-order chi connectivity index (χ0) is 10.4. The van der Waals surface area contributed by atoms with Crippen molar-refractivity contribution in [2.75, 3.05) is 7.11 Å². The molecule has 0 aromatic carbocycles. The number of carbonyl (C=O) groups is 1. The van der Waals surface area contributed by atoms with Gasteiger partial charge in [-0.25, -0.2) is 0 Å². The molecular weight excluding hydrogens is 178 g/mol. The van der Waals surface area contributed by atoms with Crippen LogP contribution >= 0.6 is 0 Å². The minimum Gasteiger partial charge on any atom is -0.468 e. The maximum absolute atomic E-state index is 11.8. The summed E-state index contributed by atoms with van der Waals surface area (Å²) in [5.41, 5.74) is 0.533. The summed E-state index contributed by atoms with van der Waals surface area (Å²) < 4.78 is 4.88. The Morgan fingerprint density at radius 1 is 1.57 bits per heavy atom. The van der Waals surface area contributed by atoms with Crippen molar-refractivity contribution in [3.63, 3.8) is 0 Å². The number of esters is 1. The maximum atomic E-state index is 11.8. The average molecular weight is 193 g/mol. The second-order valence-corrected chi connectivity index (χ2v) is 4.54. The third-order valence-corrected chi connectivity index (χ3v) is 3.33. The normalized spacial score (nSPS) is 28.5. The molecule has 2 rings (SSSR count). The Kier molecular flexibility index (Phi) is 1.74. The molecule has 14 heavy (non-hydrogen) atoms. The second kappa shape index (κ2) is 2.62. The van der Waals surface area contributed by atoms with Crippen LogP contribution in [0.3, 0.4) is 0 Å². The molecule has 1 N–H and O–H groups in total. The van der Waals surface area contributed by atoms with Crippen LogP contribution < -0.4 is 0 Å². The van der Waals surface area contributed by atoms with Crippen molar-refractivity contribution in [1.29, 1.82) is 0 Å². The molecule has 76 valence electrons. The van der Waals surface area contributed by atoms with Crippen LogP contribution in [-0.4, -0.2) is 18.1 Å². The van der Waals surface area contributed by atoms with Gasteiger partial charge in [0.1, 0.15) is 5.41 Å². The molecule has 1 aromatic heterocycles. The van der Waals surface area contributed by atoms with Crippen molar-refractivity contribution in [2.45, 2.75) is 25.7 Å². The van der Waals surface area contributed by atoms with Gasteiger partial charge < -0.3 is 9.72 Å². The first-order valence-electron chi connectivity index (χ1n) is 4.77. The molecule has 1 saturated carbocycles. The van der Waals surface area contributed by atoms with E-state index in [2.05, 4.69) is 18.8 Å². The lowest BCUT2D eigenvalue weighted by atomic mass is 9.92. The van der Waals surface area contributed by atoms with E-state index < -0.39 is 5.41 Å². The zero-order valence-corrected chi connectivity index (χ0v) is 8.76. The number of H-pyrrole nitrogens is 1. The maximum Gasteiger partial charge on any atom is 0.318 e. The minimum absolute atomic E-state index is 0.00491. The molecule has 1 aliphatic carbocycles. The number of hydrogen-bond donors (Lipinski definition) is 1. The summed E-state index contributed by atoms with van der Waals surface area (Å²) in [6.45, 7) is 4.18. The third-order valence-electron chi connectivity index (χ3n) is 3.33. The Morgan fingerprint density at radius 3 is 2.57 bits per heavy atom. The summed E-state index contributed by atoms with van der Waals surface area (Å²) >= 11 is 0. The Hall–Kier alpha value is -1.25. The number of nitrogens with one attached hydrogen (secondary N) is 1. The Labute approximate surface area is 83.5 Å². The van der Waals surface area contributed by atoms with Gasteiger partial charge in [-0.2, -0.15) is 0 Å². The predicted octanol–water partition coefficient (Wildman–Crippen LogP) is 1.86. The van der Waals surface area contributed by atoms with Crippen molar-refractivity contribution >= 4 is 5.97 Å². The quantitative estimate of drug-likeness (QED) is 0.728. The van der Waals surface area contributed by atoms with E-state index >= 15 is 0 Å². The van der Waals surface area contributed by atoms with Gasteiger partial charge in [0.25, 0.3) is 0 Å². The molecule has 1 aliphatic rings. The van der Waals surface area contributed by atoms with Crippen molar-refractivity contribution in [3.05, 3.63) is 24.0 Å². The Morgan fingerprint density at radius 2 is 2.21 bits per heavy atom. The van der Waals surface area contributed by atoms with Gasteiger partial charge in [-0.3, -0.25) is 4.79 Å². The number of rotatable bonds is 2. The molecule has 0 spiro atoms. The monoisotopic (exact) mass is 193 g/mol. The standard InChI is InChI=1S/C11H15NO2/c1-10(2)7-11(10,9(13)14-3)8-5-4-6-12-8/h4-6,12H,7H2,1-3H3. The highest BCUT2D eigenvalue weighted by atomic mass is 16.5. The van der Waals surface area contributed by atoms with Crippen LogP contribution in [0.15, 0.2) is 18.3 Å². The summed E-state index contributed by atoms with van der Waals surface area (Å²) in [4.78, 5) is 14.9. The molecule has 0 aliphatic heterocycles. The molecule has 0 amide bonds. The number of aromatic amines is 1. The zero-order valence-electron chi connectivity index (χ0n) is 8.76. The lowest BCUT2D eigenvalue weighted by Gasteiger charge is -2.16. The lowest BCUT2D eigenvalue weighted by molar-refractivity contribution is -0.144. The van der Waals surface area contributed by atoms with E-state index in [0.717, 1.165) is 12.1 Å². The van der Waals surface area contributed by atoms with Crippen LogP contribution in [0.1, 0.15) is 26.0 Å². The molecule has 0 bridgehead atoms. The van der Waals surface area contributed by atoms with Crippen LogP contribution in [0.4, 0.5) is 0 Å². The SMILES string of the molecule is COC(=O)C1(c2ccc[nH]2)CC1(C)C. The van der Waals surface area contributed by atoms with Crippen molar-refractivity contribution in [2.24, 2.45) is 5.41 Å². The van der Waals surface area contributed by atoms with Gasteiger partial charge in [-0.1, -0.05) is 13.8 Å². The van der Waals surface area contributed by atoms with Crippen LogP contribution in [0, 0.1) is 5.41 Å². The molecule has 1 aromatic rings. The van der Waals surface area contributed by atoms with E-state index in [0.29, 0.717) is 0 Å². The summed E-state index contributed by atoms with van der Waals surface area (Å²) in [6, 6.07) is 3.86. The smallest absolute Gasteiger partial charge is 0.318 e. The van der Waals surface area contributed by atoms with Gasteiger partial charge in [0.15, 0.2) is 0 Å². The van der Waals surface area contributed by atoms with E-state index in [9.17, 15) is 4.79 Å². The fourth-order valence-corrected chi connectivity index (χ4v) is 2.31. The molecule has 3 nitrogen and oxygen atoms in total. The Bertz CT molecular complexity index is 353. The van der Waals surface area contributed by atoms with Gasteiger partial charge in [0.2, 0.25) is 0 Å². The summed E-state index contributed by atoms with van der Waals surface area (Å²) in [5.74, 6) is -0.134. The fraction of sp³-hybridized carbons (Fsp3) is 0.545. The fourth-order valence-electron chi connectivity index (χ4n) is 2.31. The average Bonchev–Trinajstić information content (AvgIpc) is 2.59. The molecule has 0 radical (unpaired) electrons. The predicted molar refractivity (Wildman–Crippen MR) is 52.9 cm³/mol. The molecule has 0 saturated heterocycles. The first kappa shape index (κ1) is 9.31. The van der Waals surface area contributed by atoms with E-state index in [4.69, 9.17) is 4.74 Å². The molecule has 1 atom stereocenters. The number of aromatic nitrogens is 1. The summed E-state index contributed by atoms with van der Waals surface area (Å²) in [7, 11) is 1.45. The number of carbonyl (C=O) groups excluding carboxylic acids is 1. The highest BCUT2D eigenvalue weighted by Gasteiger charge is 2.68. The van der Waals surface area contributed by atoms with Gasteiger partial charge in [-0.05, 0) is 24.0 Å². The van der Waals surface area contributed by atoms with Gasteiger partial charge in [-0.15, -0.1) is 0 Å². The van der Waals surface area contributed by atoms with Gasteiger partial charge in [0.05, 0.1) is 7.11 Å². The van der Waals surface area contributed by atoms with E-state index in [-0.39, 0.29) is 11.4 Å². The highest BCUT2D eigenvalue weighted by molar-refractivity contribution is 5.88. The molecule has 1 unspecified atom stereocenters. The molecular formula is C11H15NO2. The van der Waals surface area contributed by atoms with Gasteiger partial charge >= 0.3 is 5.97 Å². The summed E-state index contributed by atoms with van der Waals surface area (Å²) in [6.07, 6.45) is 2.70. The van der Waals surface area contributed by atoms with Crippen LogP contribution in [-0.2, 0) is 14.9 Å². The minimum atomic E-state index is -0.439. The number of hydrogen-bond acceptors (Lipinski definition) is 2. The van der Waals surface area contributed by atoms with Crippen molar-refractivity contribution < 1.29 is 9.53 Å². The first-order valence-corrected chi connectivity index (χ1v) is 4.77. The van der Waals surface area contributed by atoms with Gasteiger partial charge in [0, 0.05) is 11.9 Å². The van der Waals surface area contributed by atoms with Crippen LogP contribution in [0.2, 0.25) is 0 Å². The third kappa shape index (κ3) is 0.953. The summed E-state index contributed by atoms with van der Waals surface area (Å²) in [5, 5.41) is 0. The Balaban J connectivity index is 2.41. The van der Waals surface area contributed by atoms with Crippen LogP contribution in [0.5, 0.6) is 0 Å². The van der Waals surface area contributed by atoms with E-state index in [1.165, 1.54) is 7.11 Å². The number of ether oxygens (including phenoxy) is 1. The van der Waals surface area contributed by atoms with Crippen molar-refractivity contribution in [1.82, 2.24) is 4.98 Å². The topological polar surface area (TPSA) is 42.1 Å². The van der Waals surface area contributed by atoms with E-state index in [1.807, 2.05) is 18.3 Å². The largest absolute Gasteiger partial charge is 0.468 e. The molecule has 3 heteroatoms. The van der Waals surface area contributed by atoms with Crippen LogP contribution in [0.25, 0.3) is 0 Å². The first-order chi connectivity index (χ1) is 6.54. The highest BCUT2D eigenvalue weighted by Crippen LogP contribution is 2.64. The second-order valence-electron chi connectivity index (χ2n) is 4.54. The van der Waals surface area contributed by atoms with E-state index in [1.54, 1.807) is 0 Å². The number of methoxy groups -OCH3 is 1. The molecule has 1 heterocycles. The van der Waals surface area contributed by atoms with Crippen molar-refractivity contribution in [3.8, 4) is 0 Å². The lowest BCUT2D eigenvalue weighted by Crippen LogP contribution is -2.27. The molecule has 1 fully saturated rings.